The molecule has 31 heavy (non-hydrogen) atoms. The first kappa shape index (κ1) is 18.6. The van der Waals surface area contributed by atoms with Crippen molar-refractivity contribution in [2.75, 3.05) is 0 Å². The van der Waals surface area contributed by atoms with E-state index in [1.165, 1.54) is 30.3 Å². The molecule has 7 nitrogen and oxygen atoms in total. The second kappa shape index (κ2) is 6.56. The molecular formula is C24H15NO6. The van der Waals surface area contributed by atoms with E-state index in [2.05, 4.69) is 0 Å². The Morgan fingerprint density at radius 3 is 1.94 bits per heavy atom. The van der Waals surface area contributed by atoms with E-state index >= 15 is 0 Å². The number of non-ortho nitro benzene ring substituents is 1. The van der Waals surface area contributed by atoms with E-state index < -0.39 is 16.5 Å². The summed E-state index contributed by atoms with van der Waals surface area (Å²) in [5.74, 6) is -0.540. The van der Waals surface area contributed by atoms with Crippen LogP contribution in [0.4, 0.5) is 5.69 Å². The third-order valence-corrected chi connectivity index (χ3v) is 5.61. The van der Waals surface area contributed by atoms with Gasteiger partial charge in [-0.2, -0.15) is 0 Å². The standard InChI is InChI=1S/C24H15NO6/c26-16-8-4-14(5-9-16)24(15-6-10-17(27)11-7-15)20-12-13-21(25(29)30)18-2-1-3-19(22(18)20)23(28)31-24/h1-13,26-27H. The molecule has 0 amide bonds. The number of nitrogens with zero attached hydrogens (tertiary/aromatic N) is 1. The summed E-state index contributed by atoms with van der Waals surface area (Å²) in [6.07, 6.45) is 0. The summed E-state index contributed by atoms with van der Waals surface area (Å²) in [4.78, 5) is 24.3. The maximum atomic E-state index is 13.2. The largest absolute Gasteiger partial charge is 0.508 e. The second-order valence-corrected chi connectivity index (χ2v) is 7.28. The molecular weight excluding hydrogens is 398 g/mol. The number of carbonyl (C=O) groups excluding carboxylic acids is 1. The van der Waals surface area contributed by atoms with Crippen LogP contribution < -0.4 is 0 Å². The highest BCUT2D eigenvalue weighted by Gasteiger charge is 2.46. The first-order chi connectivity index (χ1) is 14.9. The van der Waals surface area contributed by atoms with Gasteiger partial charge in [-0.15, -0.1) is 0 Å². The van der Waals surface area contributed by atoms with Crippen LogP contribution in [-0.4, -0.2) is 21.1 Å². The van der Waals surface area contributed by atoms with Gasteiger partial charge in [0.05, 0.1) is 15.9 Å². The summed E-state index contributed by atoms with van der Waals surface area (Å²) < 4.78 is 6.07. The van der Waals surface area contributed by atoms with Gasteiger partial charge in [-0.25, -0.2) is 4.79 Å². The number of nitro groups is 1. The number of phenolic OH excluding ortho intramolecular Hbond substituents is 2. The predicted molar refractivity (Wildman–Crippen MR) is 112 cm³/mol. The third-order valence-electron chi connectivity index (χ3n) is 5.61. The number of esters is 1. The van der Waals surface area contributed by atoms with Crippen molar-refractivity contribution < 1.29 is 24.7 Å². The minimum atomic E-state index is -1.43. The van der Waals surface area contributed by atoms with Gasteiger partial charge in [-0.3, -0.25) is 10.1 Å². The number of carbonyl (C=O) groups is 1. The lowest BCUT2D eigenvalue weighted by atomic mass is 9.75. The van der Waals surface area contributed by atoms with Crippen LogP contribution in [0.3, 0.4) is 0 Å². The molecule has 0 aromatic heterocycles. The summed E-state index contributed by atoms with van der Waals surface area (Å²) in [6, 6.07) is 20.2. The first-order valence-electron chi connectivity index (χ1n) is 9.45. The molecule has 4 aromatic rings. The van der Waals surface area contributed by atoms with Crippen molar-refractivity contribution in [3.05, 3.63) is 111 Å². The van der Waals surface area contributed by atoms with Crippen LogP contribution in [0.5, 0.6) is 11.5 Å². The van der Waals surface area contributed by atoms with Crippen molar-refractivity contribution in [2.24, 2.45) is 0 Å². The molecule has 0 aliphatic carbocycles. The highest BCUT2D eigenvalue weighted by Crippen LogP contribution is 2.49. The number of hydrogen-bond donors (Lipinski definition) is 2. The Morgan fingerprint density at radius 1 is 0.806 bits per heavy atom. The lowest BCUT2D eigenvalue weighted by Gasteiger charge is -2.39. The number of phenols is 2. The normalized spacial score (nSPS) is 14.3. The maximum Gasteiger partial charge on any atom is 0.340 e. The van der Waals surface area contributed by atoms with Gasteiger partial charge in [0.15, 0.2) is 5.60 Å². The van der Waals surface area contributed by atoms with Crippen LogP contribution in [0, 0.1) is 10.1 Å². The topological polar surface area (TPSA) is 110 Å². The first-order valence-corrected chi connectivity index (χ1v) is 9.45. The Bertz CT molecular complexity index is 1310. The molecule has 5 rings (SSSR count). The molecule has 0 atom stereocenters. The Balaban J connectivity index is 1.95. The number of cyclic esters (lactones) is 1. The van der Waals surface area contributed by atoms with E-state index in [-0.39, 0.29) is 22.7 Å². The number of ether oxygens (including phenoxy) is 1. The van der Waals surface area contributed by atoms with Gasteiger partial charge in [0.1, 0.15) is 11.5 Å². The quantitative estimate of drug-likeness (QED) is 0.288. The summed E-state index contributed by atoms with van der Waals surface area (Å²) in [7, 11) is 0. The van der Waals surface area contributed by atoms with Crippen molar-refractivity contribution in [3.63, 3.8) is 0 Å². The van der Waals surface area contributed by atoms with E-state index in [4.69, 9.17) is 4.74 Å². The van der Waals surface area contributed by atoms with Crippen molar-refractivity contribution in [1.29, 1.82) is 0 Å². The summed E-state index contributed by atoms with van der Waals surface area (Å²) in [6.45, 7) is 0. The number of rotatable bonds is 3. The van der Waals surface area contributed by atoms with Gasteiger partial charge in [0.25, 0.3) is 5.69 Å². The predicted octanol–water partition coefficient (Wildman–Crippen LogP) is 4.62. The van der Waals surface area contributed by atoms with E-state index in [1.807, 2.05) is 0 Å². The number of hydrogen-bond acceptors (Lipinski definition) is 6. The van der Waals surface area contributed by atoms with Crippen LogP contribution >= 0.6 is 0 Å². The average molecular weight is 413 g/mol. The number of nitro benzene ring substituents is 1. The molecule has 0 saturated carbocycles. The van der Waals surface area contributed by atoms with Crippen molar-refractivity contribution in [1.82, 2.24) is 0 Å². The smallest absolute Gasteiger partial charge is 0.340 e. The molecule has 0 unspecified atom stereocenters. The van der Waals surface area contributed by atoms with Crippen LogP contribution in [0.15, 0.2) is 78.9 Å². The molecule has 0 bridgehead atoms. The molecule has 4 aromatic carbocycles. The molecule has 0 fully saturated rings. The molecule has 7 heteroatoms. The molecule has 0 radical (unpaired) electrons. The Kier molecular flexibility index (Phi) is 3.94. The van der Waals surface area contributed by atoms with E-state index in [0.717, 1.165) is 0 Å². The molecule has 1 aliphatic rings. The van der Waals surface area contributed by atoms with Gasteiger partial charge in [-0.1, -0.05) is 30.3 Å². The fraction of sp³-hybridized carbons (Fsp3) is 0.0417. The van der Waals surface area contributed by atoms with E-state index in [1.54, 1.807) is 48.5 Å². The van der Waals surface area contributed by atoms with Gasteiger partial charge in [0, 0.05) is 28.1 Å². The van der Waals surface area contributed by atoms with Crippen LogP contribution in [0.2, 0.25) is 0 Å². The number of benzene rings is 4. The summed E-state index contributed by atoms with van der Waals surface area (Å²) in [5, 5.41) is 32.0. The van der Waals surface area contributed by atoms with Crippen LogP contribution in [0.25, 0.3) is 10.8 Å². The van der Waals surface area contributed by atoms with Gasteiger partial charge in [-0.05, 0) is 42.5 Å². The van der Waals surface area contributed by atoms with Gasteiger partial charge >= 0.3 is 5.97 Å². The minimum Gasteiger partial charge on any atom is -0.508 e. The fourth-order valence-electron chi connectivity index (χ4n) is 4.25. The monoisotopic (exact) mass is 413 g/mol. The molecule has 0 saturated heterocycles. The average Bonchev–Trinajstić information content (AvgIpc) is 2.77. The zero-order chi connectivity index (χ0) is 21.8. The highest BCUT2D eigenvalue weighted by atomic mass is 16.6. The maximum absolute atomic E-state index is 13.2. The molecule has 152 valence electrons. The minimum absolute atomic E-state index is 0.0426. The summed E-state index contributed by atoms with van der Waals surface area (Å²) >= 11 is 0. The SMILES string of the molecule is O=C1OC(c2ccc(O)cc2)(c2ccc(O)cc2)c2ccc([N+](=O)[O-])c3cccc1c23. The van der Waals surface area contributed by atoms with E-state index in [0.29, 0.717) is 27.5 Å². The van der Waals surface area contributed by atoms with Crippen LogP contribution in [0.1, 0.15) is 27.0 Å². The zero-order valence-electron chi connectivity index (χ0n) is 16.0. The van der Waals surface area contributed by atoms with Gasteiger partial charge < -0.3 is 14.9 Å². The molecule has 1 heterocycles. The van der Waals surface area contributed by atoms with Crippen molar-refractivity contribution >= 4 is 22.4 Å². The Hall–Kier alpha value is -4.39. The molecule has 2 N–H and O–H groups in total. The Labute approximate surface area is 175 Å². The van der Waals surface area contributed by atoms with Crippen LogP contribution in [-0.2, 0) is 10.3 Å². The molecule has 1 aliphatic heterocycles. The third kappa shape index (κ3) is 2.63. The fourth-order valence-corrected chi connectivity index (χ4v) is 4.25. The van der Waals surface area contributed by atoms with Gasteiger partial charge in [0.2, 0.25) is 0 Å². The van der Waals surface area contributed by atoms with Crippen molar-refractivity contribution in [2.45, 2.75) is 5.60 Å². The second-order valence-electron chi connectivity index (χ2n) is 7.28. The van der Waals surface area contributed by atoms with E-state index in [9.17, 15) is 25.1 Å². The number of aromatic hydroxyl groups is 2. The summed E-state index contributed by atoms with van der Waals surface area (Å²) in [5.41, 5.74) is 0.355. The Morgan fingerprint density at radius 2 is 1.39 bits per heavy atom. The van der Waals surface area contributed by atoms with Crippen molar-refractivity contribution in [3.8, 4) is 11.5 Å². The highest BCUT2D eigenvalue weighted by molar-refractivity contribution is 6.11. The lowest BCUT2D eigenvalue weighted by Crippen LogP contribution is -2.38. The lowest BCUT2D eigenvalue weighted by molar-refractivity contribution is -0.383. The molecule has 0 spiro atoms. The zero-order valence-corrected chi connectivity index (χ0v) is 16.0.